The lowest BCUT2D eigenvalue weighted by Gasteiger charge is -2.28. The Morgan fingerprint density at radius 2 is 1.70 bits per heavy atom. The molecule has 2 aromatic rings. The number of rotatable bonds is 6. The Labute approximate surface area is 123 Å². The summed E-state index contributed by atoms with van der Waals surface area (Å²) in [5.41, 5.74) is 5.28. The smallest absolute Gasteiger partial charge is 0.138 e. The van der Waals surface area contributed by atoms with Crippen LogP contribution in [0.25, 0.3) is 0 Å². The van der Waals surface area contributed by atoms with E-state index in [0.717, 1.165) is 5.56 Å². The zero-order valence-electron chi connectivity index (χ0n) is 11.1. The maximum Gasteiger partial charge on any atom is 0.138 e. The van der Waals surface area contributed by atoms with Gasteiger partial charge in [-0.2, -0.15) is 0 Å². The summed E-state index contributed by atoms with van der Waals surface area (Å²) in [4.78, 5) is 0. The van der Waals surface area contributed by atoms with Crippen molar-refractivity contribution < 1.29 is 9.84 Å². The lowest BCUT2D eigenvalue weighted by Crippen LogP contribution is -2.35. The van der Waals surface area contributed by atoms with Crippen molar-refractivity contribution in [2.45, 2.75) is 12.0 Å². The third-order valence-corrected chi connectivity index (χ3v) is 3.48. The number of hydrogen-bond acceptors (Lipinski definition) is 3. The number of hydrogen-bond donors (Lipinski definition) is 2. The lowest BCUT2D eigenvalue weighted by atomic mass is 9.91. The Balaban J connectivity index is 2.16. The fraction of sp³-hybridized carbons (Fsp3) is 0.250. The molecule has 0 saturated heterocycles. The van der Waals surface area contributed by atoms with Crippen molar-refractivity contribution in [1.82, 2.24) is 0 Å². The van der Waals surface area contributed by atoms with Crippen LogP contribution in [0, 0.1) is 0 Å². The number of aliphatic hydroxyl groups is 1. The number of para-hydroxylation sites is 1. The molecule has 0 radical (unpaired) electrons. The maximum atomic E-state index is 10.8. The number of ether oxygens (including phenoxy) is 1. The van der Waals surface area contributed by atoms with Gasteiger partial charge in [-0.1, -0.05) is 54.1 Å². The monoisotopic (exact) mass is 291 g/mol. The molecule has 3 N–H and O–H groups in total. The molecule has 0 spiro atoms. The zero-order valence-corrected chi connectivity index (χ0v) is 11.9. The first-order chi connectivity index (χ1) is 9.65. The highest BCUT2D eigenvalue weighted by Gasteiger charge is 2.29. The normalized spacial score (nSPS) is 13.8. The van der Waals surface area contributed by atoms with E-state index in [0.29, 0.717) is 23.7 Å². The molecule has 2 aromatic carbocycles. The van der Waals surface area contributed by atoms with Gasteiger partial charge in [-0.25, -0.2) is 0 Å². The quantitative estimate of drug-likeness (QED) is 0.860. The number of benzene rings is 2. The molecule has 0 aromatic heterocycles. The molecule has 20 heavy (non-hydrogen) atoms. The summed E-state index contributed by atoms with van der Waals surface area (Å²) in [6, 6.07) is 16.6. The standard InChI is InChI=1S/C16H18ClNO2/c17-14-8-4-5-9-15(14)20-12-16(19,10-11-18)13-6-2-1-3-7-13/h1-9,19H,10-12,18H2. The second-order valence-corrected chi connectivity index (χ2v) is 5.06. The summed E-state index contributed by atoms with van der Waals surface area (Å²) in [7, 11) is 0. The summed E-state index contributed by atoms with van der Waals surface area (Å²) in [6.45, 7) is 0.481. The molecule has 4 heteroatoms. The third-order valence-electron chi connectivity index (χ3n) is 3.17. The van der Waals surface area contributed by atoms with Gasteiger partial charge in [-0.3, -0.25) is 0 Å². The summed E-state index contributed by atoms with van der Waals surface area (Å²) in [6.07, 6.45) is 0.418. The topological polar surface area (TPSA) is 55.5 Å². The van der Waals surface area contributed by atoms with Gasteiger partial charge in [0.15, 0.2) is 0 Å². The van der Waals surface area contributed by atoms with Crippen LogP contribution in [-0.4, -0.2) is 18.3 Å². The van der Waals surface area contributed by atoms with Crippen LogP contribution in [0.2, 0.25) is 5.02 Å². The van der Waals surface area contributed by atoms with Crippen molar-refractivity contribution in [3.63, 3.8) is 0 Å². The SMILES string of the molecule is NCCC(O)(COc1ccccc1Cl)c1ccccc1. The largest absolute Gasteiger partial charge is 0.489 e. The first kappa shape index (κ1) is 14.9. The maximum absolute atomic E-state index is 10.8. The van der Waals surface area contributed by atoms with Crippen molar-refractivity contribution in [1.29, 1.82) is 0 Å². The van der Waals surface area contributed by atoms with E-state index in [-0.39, 0.29) is 6.61 Å². The second kappa shape index (κ2) is 6.75. The molecule has 0 bridgehead atoms. The van der Waals surface area contributed by atoms with Crippen molar-refractivity contribution in [3.05, 3.63) is 65.2 Å². The Bertz CT molecular complexity index is 547. The fourth-order valence-corrected chi connectivity index (χ4v) is 2.24. The van der Waals surface area contributed by atoms with Crippen molar-refractivity contribution in [2.75, 3.05) is 13.2 Å². The van der Waals surface area contributed by atoms with E-state index in [1.54, 1.807) is 12.1 Å². The van der Waals surface area contributed by atoms with E-state index in [9.17, 15) is 5.11 Å². The Hall–Kier alpha value is -1.55. The van der Waals surface area contributed by atoms with Gasteiger partial charge in [-0.15, -0.1) is 0 Å². The van der Waals surface area contributed by atoms with E-state index >= 15 is 0 Å². The Kier molecular flexibility index (Phi) is 5.01. The molecule has 106 valence electrons. The number of halogens is 1. The van der Waals surface area contributed by atoms with Crippen molar-refractivity contribution in [3.8, 4) is 5.75 Å². The van der Waals surface area contributed by atoms with Gasteiger partial charge in [0, 0.05) is 0 Å². The first-order valence-electron chi connectivity index (χ1n) is 6.51. The first-order valence-corrected chi connectivity index (χ1v) is 6.89. The minimum atomic E-state index is -1.12. The predicted octanol–water partition coefficient (Wildman–Crippen LogP) is 2.96. The summed E-state index contributed by atoms with van der Waals surface area (Å²) in [5.74, 6) is 0.556. The third kappa shape index (κ3) is 3.51. The van der Waals surface area contributed by atoms with Gasteiger partial charge in [0.25, 0.3) is 0 Å². The van der Waals surface area contributed by atoms with Gasteiger partial charge in [0.05, 0.1) is 5.02 Å². The fourth-order valence-electron chi connectivity index (χ4n) is 2.05. The van der Waals surface area contributed by atoms with Crippen LogP contribution in [0.4, 0.5) is 0 Å². The zero-order chi connectivity index (χ0) is 14.4. The molecule has 0 aliphatic carbocycles. The summed E-state index contributed by atoms with van der Waals surface area (Å²) >= 11 is 6.04. The molecule has 3 nitrogen and oxygen atoms in total. The second-order valence-electron chi connectivity index (χ2n) is 4.66. The molecular weight excluding hydrogens is 274 g/mol. The number of nitrogens with two attached hydrogens (primary N) is 1. The minimum Gasteiger partial charge on any atom is -0.489 e. The Morgan fingerprint density at radius 1 is 1.05 bits per heavy atom. The van der Waals surface area contributed by atoms with Crippen LogP contribution < -0.4 is 10.5 Å². The van der Waals surface area contributed by atoms with E-state index in [1.807, 2.05) is 42.5 Å². The van der Waals surface area contributed by atoms with E-state index in [1.165, 1.54) is 0 Å². The van der Waals surface area contributed by atoms with Crippen LogP contribution in [0.15, 0.2) is 54.6 Å². The van der Waals surface area contributed by atoms with Crippen LogP contribution in [0.1, 0.15) is 12.0 Å². The Morgan fingerprint density at radius 3 is 2.35 bits per heavy atom. The summed E-state index contributed by atoms with van der Waals surface area (Å²) < 4.78 is 5.67. The van der Waals surface area contributed by atoms with E-state index in [2.05, 4.69) is 0 Å². The highest BCUT2D eigenvalue weighted by atomic mass is 35.5. The van der Waals surface area contributed by atoms with Crippen LogP contribution >= 0.6 is 11.6 Å². The van der Waals surface area contributed by atoms with Gasteiger partial charge < -0.3 is 15.6 Å². The molecule has 2 rings (SSSR count). The molecule has 0 saturated carbocycles. The molecule has 0 fully saturated rings. The summed E-state index contributed by atoms with van der Waals surface area (Å²) in [5, 5.41) is 11.3. The molecule has 0 aliphatic heterocycles. The molecule has 1 unspecified atom stereocenters. The molecule has 1 atom stereocenters. The van der Waals surface area contributed by atoms with Crippen LogP contribution in [-0.2, 0) is 5.60 Å². The van der Waals surface area contributed by atoms with E-state index in [4.69, 9.17) is 22.1 Å². The average Bonchev–Trinajstić information content (AvgIpc) is 2.48. The molecule has 0 heterocycles. The molecular formula is C16H18ClNO2. The van der Waals surface area contributed by atoms with Crippen LogP contribution in [0.3, 0.4) is 0 Å². The van der Waals surface area contributed by atoms with Gasteiger partial charge >= 0.3 is 0 Å². The minimum absolute atomic E-state index is 0.109. The lowest BCUT2D eigenvalue weighted by molar-refractivity contribution is -0.0149. The molecule has 0 aliphatic rings. The van der Waals surface area contributed by atoms with Gasteiger partial charge in [0.1, 0.15) is 18.0 Å². The van der Waals surface area contributed by atoms with Crippen LogP contribution in [0.5, 0.6) is 5.75 Å². The van der Waals surface area contributed by atoms with Gasteiger partial charge in [0.2, 0.25) is 0 Å². The van der Waals surface area contributed by atoms with Gasteiger partial charge in [-0.05, 0) is 30.7 Å². The highest BCUT2D eigenvalue weighted by molar-refractivity contribution is 6.32. The van der Waals surface area contributed by atoms with Crippen molar-refractivity contribution in [2.24, 2.45) is 5.73 Å². The highest BCUT2D eigenvalue weighted by Crippen LogP contribution is 2.29. The predicted molar refractivity (Wildman–Crippen MR) is 81.0 cm³/mol. The average molecular weight is 292 g/mol. The molecule has 0 amide bonds. The van der Waals surface area contributed by atoms with Crippen molar-refractivity contribution >= 4 is 11.6 Å². The van der Waals surface area contributed by atoms with E-state index < -0.39 is 5.60 Å².